The van der Waals surface area contributed by atoms with Gasteiger partial charge in [0.15, 0.2) is 0 Å². The van der Waals surface area contributed by atoms with E-state index in [1.165, 1.54) is 24.3 Å². The van der Waals surface area contributed by atoms with Gasteiger partial charge in [-0.25, -0.2) is 0 Å². The predicted molar refractivity (Wildman–Crippen MR) is 86.6 cm³/mol. The number of benzene rings is 2. The molecule has 0 saturated carbocycles. The van der Waals surface area contributed by atoms with Gasteiger partial charge in [-0.3, -0.25) is 19.7 Å². The highest BCUT2D eigenvalue weighted by Gasteiger charge is 2.10. The maximum atomic E-state index is 11.8. The number of hydrogen-bond acceptors (Lipinski definition) is 6. The highest BCUT2D eigenvalue weighted by Crippen LogP contribution is 2.18. The van der Waals surface area contributed by atoms with E-state index in [4.69, 9.17) is 4.74 Å². The fourth-order valence-electron chi connectivity index (χ4n) is 1.70. The maximum Gasteiger partial charge on any atom is 0.312 e. The van der Waals surface area contributed by atoms with Gasteiger partial charge in [0.05, 0.1) is 11.3 Å². The van der Waals surface area contributed by atoms with E-state index in [-0.39, 0.29) is 23.0 Å². The van der Waals surface area contributed by atoms with Crippen molar-refractivity contribution in [2.75, 3.05) is 5.75 Å². The van der Waals surface area contributed by atoms with Crippen LogP contribution in [0.1, 0.15) is 16.8 Å². The van der Waals surface area contributed by atoms with Crippen LogP contribution in [-0.4, -0.2) is 21.8 Å². The lowest BCUT2D eigenvalue weighted by atomic mass is 10.2. The van der Waals surface area contributed by atoms with E-state index in [0.29, 0.717) is 11.3 Å². The number of nitro groups is 1. The molecule has 0 amide bonds. The van der Waals surface area contributed by atoms with Gasteiger partial charge in [0, 0.05) is 23.4 Å². The van der Waals surface area contributed by atoms with Crippen molar-refractivity contribution < 1.29 is 19.2 Å². The SMILES string of the molecule is O=C(CCSC(=O)c1ccccc1)Oc1ccc([N+](=O)[O-])cc1. The van der Waals surface area contributed by atoms with Crippen LogP contribution in [0.3, 0.4) is 0 Å². The maximum absolute atomic E-state index is 11.8. The molecule has 0 unspecified atom stereocenters. The molecular formula is C16H13NO5S. The van der Waals surface area contributed by atoms with Crippen molar-refractivity contribution in [2.24, 2.45) is 0 Å². The summed E-state index contributed by atoms with van der Waals surface area (Å²) in [6, 6.07) is 14.0. The lowest BCUT2D eigenvalue weighted by Crippen LogP contribution is -2.09. The van der Waals surface area contributed by atoms with Crippen LogP contribution in [0, 0.1) is 10.1 Å². The summed E-state index contributed by atoms with van der Waals surface area (Å²) in [6.07, 6.45) is 0.0697. The van der Waals surface area contributed by atoms with Crippen LogP contribution in [-0.2, 0) is 4.79 Å². The largest absolute Gasteiger partial charge is 0.426 e. The Morgan fingerprint density at radius 1 is 1.04 bits per heavy atom. The molecule has 0 spiro atoms. The standard InChI is InChI=1S/C16H13NO5S/c18-15(22-14-8-6-13(7-9-14)17(20)21)10-11-23-16(19)12-4-2-1-3-5-12/h1-9H,10-11H2. The third-order valence-corrected chi connectivity index (χ3v) is 3.73. The molecule has 0 bridgehead atoms. The molecule has 0 atom stereocenters. The molecule has 0 aliphatic heterocycles. The average molecular weight is 331 g/mol. The molecule has 2 rings (SSSR count). The van der Waals surface area contributed by atoms with Crippen molar-refractivity contribution in [1.82, 2.24) is 0 Å². The number of nitro benzene ring substituents is 1. The van der Waals surface area contributed by atoms with Crippen molar-refractivity contribution >= 4 is 28.5 Å². The first-order chi connectivity index (χ1) is 11.1. The first-order valence-corrected chi connectivity index (χ1v) is 7.72. The lowest BCUT2D eigenvalue weighted by Gasteiger charge is -2.04. The Morgan fingerprint density at radius 2 is 1.70 bits per heavy atom. The van der Waals surface area contributed by atoms with E-state index in [1.54, 1.807) is 24.3 Å². The Bertz CT molecular complexity index is 700. The van der Waals surface area contributed by atoms with E-state index < -0.39 is 10.9 Å². The van der Waals surface area contributed by atoms with E-state index >= 15 is 0 Å². The number of carbonyl (C=O) groups is 2. The number of ether oxygens (including phenoxy) is 1. The smallest absolute Gasteiger partial charge is 0.312 e. The Hall–Kier alpha value is -2.67. The Morgan fingerprint density at radius 3 is 2.30 bits per heavy atom. The van der Waals surface area contributed by atoms with E-state index in [0.717, 1.165) is 11.8 Å². The molecule has 2 aromatic carbocycles. The quantitative estimate of drug-likeness (QED) is 0.349. The van der Waals surface area contributed by atoms with Gasteiger partial charge in [-0.2, -0.15) is 0 Å². The van der Waals surface area contributed by atoms with Gasteiger partial charge in [-0.1, -0.05) is 42.1 Å². The molecule has 0 aliphatic carbocycles. The van der Waals surface area contributed by atoms with E-state index in [1.807, 2.05) is 6.07 Å². The topological polar surface area (TPSA) is 86.5 Å². The lowest BCUT2D eigenvalue weighted by molar-refractivity contribution is -0.384. The summed E-state index contributed by atoms with van der Waals surface area (Å²) in [4.78, 5) is 33.5. The van der Waals surface area contributed by atoms with Gasteiger partial charge < -0.3 is 4.74 Å². The van der Waals surface area contributed by atoms with Crippen LogP contribution >= 0.6 is 11.8 Å². The number of non-ortho nitro benzene ring substituents is 1. The van der Waals surface area contributed by atoms with Crippen LogP contribution in [0.15, 0.2) is 54.6 Å². The van der Waals surface area contributed by atoms with Gasteiger partial charge in [0.2, 0.25) is 5.12 Å². The predicted octanol–water partition coefficient (Wildman–Crippen LogP) is 3.46. The molecule has 23 heavy (non-hydrogen) atoms. The summed E-state index contributed by atoms with van der Waals surface area (Å²) in [7, 11) is 0. The Labute approximate surface area is 136 Å². The van der Waals surface area contributed by atoms with Gasteiger partial charge in [0.1, 0.15) is 5.75 Å². The van der Waals surface area contributed by atoms with Gasteiger partial charge in [-0.15, -0.1) is 0 Å². The van der Waals surface area contributed by atoms with Crippen molar-refractivity contribution in [3.63, 3.8) is 0 Å². The van der Waals surface area contributed by atoms with Crippen LogP contribution in [0.2, 0.25) is 0 Å². The first-order valence-electron chi connectivity index (χ1n) is 6.73. The zero-order valence-electron chi connectivity index (χ0n) is 12.0. The second kappa shape index (κ2) is 8.09. The fraction of sp³-hybridized carbons (Fsp3) is 0.125. The summed E-state index contributed by atoms with van der Waals surface area (Å²) >= 11 is 1.05. The average Bonchev–Trinajstić information content (AvgIpc) is 2.56. The zero-order chi connectivity index (χ0) is 16.7. The molecule has 0 N–H and O–H groups in total. The minimum Gasteiger partial charge on any atom is -0.426 e. The first kappa shape index (κ1) is 16.7. The third-order valence-electron chi connectivity index (χ3n) is 2.83. The number of nitrogens with zero attached hydrogens (tertiary/aromatic N) is 1. The minimum absolute atomic E-state index is 0.0697. The molecule has 0 aliphatic rings. The molecule has 7 heteroatoms. The van der Waals surface area contributed by atoms with Crippen LogP contribution in [0.25, 0.3) is 0 Å². The minimum atomic E-state index is -0.530. The molecule has 0 aromatic heterocycles. The van der Waals surface area contributed by atoms with Crippen molar-refractivity contribution in [3.05, 3.63) is 70.3 Å². The summed E-state index contributed by atoms with van der Waals surface area (Å²) in [5, 5.41) is 10.4. The fourth-order valence-corrected chi connectivity index (χ4v) is 2.46. The molecule has 0 saturated heterocycles. The Kier molecular flexibility index (Phi) is 5.87. The number of hydrogen-bond donors (Lipinski definition) is 0. The van der Waals surface area contributed by atoms with Gasteiger partial charge >= 0.3 is 5.97 Å². The van der Waals surface area contributed by atoms with E-state index in [9.17, 15) is 19.7 Å². The van der Waals surface area contributed by atoms with Crippen molar-refractivity contribution in [2.45, 2.75) is 6.42 Å². The molecule has 0 radical (unpaired) electrons. The van der Waals surface area contributed by atoms with Crippen LogP contribution < -0.4 is 4.74 Å². The second-order valence-electron chi connectivity index (χ2n) is 4.48. The molecule has 6 nitrogen and oxygen atoms in total. The summed E-state index contributed by atoms with van der Waals surface area (Å²) in [5.74, 6) is 0.0479. The molecular weight excluding hydrogens is 318 g/mol. The number of thioether (sulfide) groups is 1. The molecule has 118 valence electrons. The summed E-state index contributed by atoms with van der Waals surface area (Å²) < 4.78 is 5.05. The highest BCUT2D eigenvalue weighted by molar-refractivity contribution is 8.14. The number of carbonyl (C=O) groups excluding carboxylic acids is 2. The van der Waals surface area contributed by atoms with Gasteiger partial charge in [-0.05, 0) is 12.1 Å². The normalized spacial score (nSPS) is 10.1. The number of rotatable bonds is 6. The highest BCUT2D eigenvalue weighted by atomic mass is 32.2. The summed E-state index contributed by atoms with van der Waals surface area (Å²) in [5.41, 5.74) is 0.509. The number of esters is 1. The molecule has 2 aromatic rings. The van der Waals surface area contributed by atoms with E-state index in [2.05, 4.69) is 0 Å². The van der Waals surface area contributed by atoms with Gasteiger partial charge in [0.25, 0.3) is 5.69 Å². The van der Waals surface area contributed by atoms with Crippen LogP contribution in [0.5, 0.6) is 5.75 Å². The third kappa shape index (κ3) is 5.23. The Balaban J connectivity index is 1.77. The van der Waals surface area contributed by atoms with Crippen molar-refractivity contribution in [3.8, 4) is 5.75 Å². The van der Waals surface area contributed by atoms with Crippen molar-refractivity contribution in [1.29, 1.82) is 0 Å². The zero-order valence-corrected chi connectivity index (χ0v) is 12.8. The summed E-state index contributed by atoms with van der Waals surface area (Å²) in [6.45, 7) is 0. The van der Waals surface area contributed by atoms with Crippen LogP contribution in [0.4, 0.5) is 5.69 Å². The second-order valence-corrected chi connectivity index (χ2v) is 5.54. The monoisotopic (exact) mass is 331 g/mol. The molecule has 0 fully saturated rings. The molecule has 0 heterocycles.